The second-order valence-corrected chi connectivity index (χ2v) is 6.75. The SMILES string of the molecule is Cc1cc(/N=C2\CCCN2C)c(Cl)cc1C(=O)COc1cccc(F)c1. The molecule has 0 amide bonds. The summed E-state index contributed by atoms with van der Waals surface area (Å²) in [4.78, 5) is 19.2. The topological polar surface area (TPSA) is 41.9 Å². The summed E-state index contributed by atoms with van der Waals surface area (Å²) in [5.41, 5.74) is 1.92. The molecular formula is C20H20ClFN2O2. The summed E-state index contributed by atoms with van der Waals surface area (Å²) in [5.74, 6) is 0.689. The van der Waals surface area contributed by atoms with Gasteiger partial charge in [0.05, 0.1) is 10.7 Å². The fourth-order valence-electron chi connectivity index (χ4n) is 2.91. The van der Waals surface area contributed by atoms with Crippen molar-refractivity contribution in [3.63, 3.8) is 0 Å². The first-order valence-corrected chi connectivity index (χ1v) is 8.82. The number of likely N-dealkylation sites (tertiary alicyclic amines) is 1. The molecule has 0 N–H and O–H groups in total. The summed E-state index contributed by atoms with van der Waals surface area (Å²) in [6, 6.07) is 9.14. The molecule has 0 saturated carbocycles. The van der Waals surface area contributed by atoms with Crippen molar-refractivity contribution in [3.05, 3.63) is 58.4 Å². The molecule has 2 aromatic rings. The van der Waals surface area contributed by atoms with Crippen molar-refractivity contribution in [1.82, 2.24) is 4.90 Å². The van der Waals surface area contributed by atoms with E-state index in [1.807, 2.05) is 20.0 Å². The van der Waals surface area contributed by atoms with Gasteiger partial charge >= 0.3 is 0 Å². The third-order valence-corrected chi connectivity index (χ3v) is 4.65. The zero-order chi connectivity index (χ0) is 18.7. The van der Waals surface area contributed by atoms with Crippen molar-refractivity contribution in [3.8, 4) is 5.75 Å². The number of benzene rings is 2. The van der Waals surface area contributed by atoms with E-state index >= 15 is 0 Å². The Bertz CT molecular complexity index is 867. The van der Waals surface area contributed by atoms with E-state index in [-0.39, 0.29) is 12.4 Å². The highest BCUT2D eigenvalue weighted by Crippen LogP contribution is 2.30. The van der Waals surface area contributed by atoms with E-state index in [1.54, 1.807) is 12.1 Å². The lowest BCUT2D eigenvalue weighted by molar-refractivity contribution is 0.0920. The number of carbonyl (C=O) groups excluding carboxylic acids is 1. The average molecular weight is 375 g/mol. The van der Waals surface area contributed by atoms with Gasteiger partial charge < -0.3 is 9.64 Å². The number of carbonyl (C=O) groups is 1. The van der Waals surface area contributed by atoms with Crippen LogP contribution >= 0.6 is 11.6 Å². The zero-order valence-electron chi connectivity index (χ0n) is 14.8. The molecular weight excluding hydrogens is 355 g/mol. The first kappa shape index (κ1) is 18.4. The van der Waals surface area contributed by atoms with Crippen LogP contribution in [0.5, 0.6) is 5.75 Å². The number of hydrogen-bond acceptors (Lipinski definition) is 3. The van der Waals surface area contributed by atoms with Crippen LogP contribution in [-0.4, -0.2) is 36.7 Å². The van der Waals surface area contributed by atoms with Crippen molar-refractivity contribution in [2.75, 3.05) is 20.2 Å². The van der Waals surface area contributed by atoms with Gasteiger partial charge in [0.25, 0.3) is 0 Å². The molecule has 0 aliphatic carbocycles. The quantitative estimate of drug-likeness (QED) is 0.705. The predicted octanol–water partition coefficient (Wildman–Crippen LogP) is 4.80. The molecule has 26 heavy (non-hydrogen) atoms. The molecule has 0 spiro atoms. The lowest BCUT2D eigenvalue weighted by Crippen LogP contribution is -2.18. The van der Waals surface area contributed by atoms with Crippen LogP contribution in [0.25, 0.3) is 0 Å². The minimum atomic E-state index is -0.408. The molecule has 3 rings (SSSR count). The molecule has 6 heteroatoms. The number of rotatable bonds is 5. The van der Waals surface area contributed by atoms with Crippen molar-refractivity contribution < 1.29 is 13.9 Å². The summed E-state index contributed by atoms with van der Waals surface area (Å²) in [6.45, 7) is 2.65. The second-order valence-electron chi connectivity index (χ2n) is 6.34. The largest absolute Gasteiger partial charge is 0.485 e. The van der Waals surface area contributed by atoms with Gasteiger partial charge in [-0.25, -0.2) is 9.38 Å². The Hall–Kier alpha value is -2.40. The zero-order valence-corrected chi connectivity index (χ0v) is 15.5. The van der Waals surface area contributed by atoms with Gasteiger partial charge in [-0.1, -0.05) is 17.7 Å². The maximum absolute atomic E-state index is 13.2. The smallest absolute Gasteiger partial charge is 0.200 e. The van der Waals surface area contributed by atoms with Gasteiger partial charge in [0.2, 0.25) is 5.78 Å². The van der Waals surface area contributed by atoms with Gasteiger partial charge in [-0.3, -0.25) is 4.79 Å². The van der Waals surface area contributed by atoms with Crippen LogP contribution < -0.4 is 4.74 Å². The standard InChI is InChI=1S/C20H20ClFN2O2/c1-13-9-18(23-20-7-4-8-24(20)2)17(21)11-16(13)19(25)12-26-15-6-3-5-14(22)10-15/h3,5-6,9-11H,4,7-8,12H2,1-2H3/b23-20+. The Morgan fingerprint density at radius 2 is 2.15 bits per heavy atom. The monoisotopic (exact) mass is 374 g/mol. The molecule has 1 heterocycles. The Morgan fingerprint density at radius 3 is 2.85 bits per heavy atom. The van der Waals surface area contributed by atoms with Crippen LogP contribution in [0.3, 0.4) is 0 Å². The summed E-state index contributed by atoms with van der Waals surface area (Å²) in [5, 5.41) is 0.428. The molecule has 0 aromatic heterocycles. The number of nitrogens with zero attached hydrogens (tertiary/aromatic N) is 2. The summed E-state index contributed by atoms with van der Waals surface area (Å²) >= 11 is 6.34. The normalized spacial score (nSPS) is 15.5. The number of ketones is 1. The highest BCUT2D eigenvalue weighted by Gasteiger charge is 2.17. The van der Waals surface area contributed by atoms with Gasteiger partial charge in [0.15, 0.2) is 6.61 Å². The molecule has 0 bridgehead atoms. The summed E-state index contributed by atoms with van der Waals surface area (Å²) < 4.78 is 18.6. The van der Waals surface area contributed by atoms with Gasteiger partial charge in [-0.2, -0.15) is 0 Å². The average Bonchev–Trinajstić information content (AvgIpc) is 3.00. The molecule has 2 aromatic carbocycles. The molecule has 0 unspecified atom stereocenters. The molecule has 1 aliphatic rings. The second kappa shape index (κ2) is 7.87. The Labute approximate surface area is 157 Å². The van der Waals surface area contributed by atoms with Crippen LogP contribution in [-0.2, 0) is 0 Å². The molecule has 0 radical (unpaired) electrons. The van der Waals surface area contributed by atoms with E-state index in [0.717, 1.165) is 30.8 Å². The maximum atomic E-state index is 13.2. The lowest BCUT2D eigenvalue weighted by Gasteiger charge is -2.13. The lowest BCUT2D eigenvalue weighted by atomic mass is 10.0. The van der Waals surface area contributed by atoms with Gasteiger partial charge in [-0.15, -0.1) is 0 Å². The van der Waals surface area contributed by atoms with Gasteiger partial charge in [0, 0.05) is 31.6 Å². The van der Waals surface area contributed by atoms with Crippen molar-refractivity contribution >= 4 is 28.9 Å². The highest BCUT2D eigenvalue weighted by molar-refractivity contribution is 6.33. The number of Topliss-reactive ketones (excluding diaryl/α,β-unsaturated/α-hetero) is 1. The molecule has 1 saturated heterocycles. The number of halogens is 2. The minimum Gasteiger partial charge on any atom is -0.485 e. The predicted molar refractivity (Wildman–Crippen MR) is 101 cm³/mol. The summed E-state index contributed by atoms with van der Waals surface area (Å²) in [7, 11) is 2.01. The van der Waals surface area contributed by atoms with E-state index in [2.05, 4.69) is 9.89 Å². The van der Waals surface area contributed by atoms with E-state index < -0.39 is 5.82 Å². The Balaban J connectivity index is 1.76. The number of aryl methyl sites for hydroxylation is 1. The third kappa shape index (κ3) is 4.22. The van der Waals surface area contributed by atoms with E-state index in [9.17, 15) is 9.18 Å². The van der Waals surface area contributed by atoms with E-state index in [4.69, 9.17) is 16.3 Å². The van der Waals surface area contributed by atoms with E-state index in [1.165, 1.54) is 18.2 Å². The van der Waals surface area contributed by atoms with Gasteiger partial charge in [-0.05, 0) is 43.2 Å². The van der Waals surface area contributed by atoms with Crippen LogP contribution in [0.2, 0.25) is 5.02 Å². The van der Waals surface area contributed by atoms with E-state index in [0.29, 0.717) is 22.0 Å². The Kier molecular flexibility index (Phi) is 5.57. The van der Waals surface area contributed by atoms with Crippen LogP contribution in [0.15, 0.2) is 41.4 Å². The molecule has 0 atom stereocenters. The number of ether oxygens (including phenoxy) is 1. The maximum Gasteiger partial charge on any atom is 0.200 e. The fraction of sp³-hybridized carbons (Fsp3) is 0.300. The Morgan fingerprint density at radius 1 is 1.35 bits per heavy atom. The fourth-order valence-corrected chi connectivity index (χ4v) is 3.12. The molecule has 1 aliphatic heterocycles. The van der Waals surface area contributed by atoms with Crippen LogP contribution in [0, 0.1) is 12.7 Å². The summed E-state index contributed by atoms with van der Waals surface area (Å²) in [6.07, 6.45) is 2.01. The minimum absolute atomic E-state index is 0.183. The van der Waals surface area contributed by atoms with Crippen LogP contribution in [0.1, 0.15) is 28.8 Å². The number of amidine groups is 1. The van der Waals surface area contributed by atoms with Crippen molar-refractivity contribution in [1.29, 1.82) is 0 Å². The number of aliphatic imine (C=N–C) groups is 1. The molecule has 1 fully saturated rings. The van der Waals surface area contributed by atoms with Crippen LogP contribution in [0.4, 0.5) is 10.1 Å². The molecule has 4 nitrogen and oxygen atoms in total. The number of hydrogen-bond donors (Lipinski definition) is 0. The van der Waals surface area contributed by atoms with Crippen molar-refractivity contribution in [2.45, 2.75) is 19.8 Å². The molecule has 136 valence electrons. The highest BCUT2D eigenvalue weighted by atomic mass is 35.5. The first-order valence-electron chi connectivity index (χ1n) is 8.44. The van der Waals surface area contributed by atoms with Crippen molar-refractivity contribution in [2.24, 2.45) is 4.99 Å². The third-order valence-electron chi connectivity index (χ3n) is 4.34. The first-order chi connectivity index (χ1) is 12.4. The van der Waals surface area contributed by atoms with Gasteiger partial charge in [0.1, 0.15) is 17.4 Å².